The molecule has 0 bridgehead atoms. The first kappa shape index (κ1) is 17.3. The van der Waals surface area contributed by atoms with E-state index < -0.39 is 10.0 Å². The van der Waals surface area contributed by atoms with Crippen LogP contribution >= 0.6 is 0 Å². The van der Waals surface area contributed by atoms with Gasteiger partial charge in [-0.05, 0) is 35.7 Å². The van der Waals surface area contributed by atoms with Crippen LogP contribution in [0.5, 0.6) is 11.5 Å². The third-order valence-electron chi connectivity index (χ3n) is 3.77. The Labute approximate surface area is 147 Å². The zero-order valence-corrected chi connectivity index (χ0v) is 14.6. The van der Waals surface area contributed by atoms with Crippen molar-refractivity contribution in [3.63, 3.8) is 0 Å². The highest BCUT2D eigenvalue weighted by Crippen LogP contribution is 2.25. The number of hydrogen-bond acceptors (Lipinski definition) is 4. The summed E-state index contributed by atoms with van der Waals surface area (Å²) < 4.78 is 37.8. The molecule has 0 aliphatic rings. The second-order valence-corrected chi connectivity index (χ2v) is 7.17. The molecule has 3 aromatic carbocycles. The van der Waals surface area contributed by atoms with Crippen molar-refractivity contribution >= 4 is 20.8 Å². The van der Waals surface area contributed by atoms with Crippen molar-refractivity contribution in [1.29, 1.82) is 0 Å². The molecule has 0 unspecified atom stereocenters. The fourth-order valence-corrected chi connectivity index (χ4v) is 3.51. The van der Waals surface area contributed by atoms with Crippen molar-refractivity contribution in [2.75, 3.05) is 20.3 Å². The van der Waals surface area contributed by atoms with Crippen molar-refractivity contribution in [3.8, 4) is 11.5 Å². The first-order valence-corrected chi connectivity index (χ1v) is 9.33. The fraction of sp³-hybridized carbons (Fsp3) is 0.158. The van der Waals surface area contributed by atoms with Crippen molar-refractivity contribution in [2.45, 2.75) is 4.90 Å². The molecule has 0 saturated carbocycles. The van der Waals surface area contributed by atoms with Gasteiger partial charge in [-0.25, -0.2) is 13.1 Å². The largest absolute Gasteiger partial charge is 0.497 e. The summed E-state index contributed by atoms with van der Waals surface area (Å²) in [6.45, 7) is 0.418. The van der Waals surface area contributed by atoms with Gasteiger partial charge in [0.15, 0.2) is 0 Å². The minimum absolute atomic E-state index is 0.178. The van der Waals surface area contributed by atoms with Crippen LogP contribution in [0.1, 0.15) is 0 Å². The van der Waals surface area contributed by atoms with E-state index in [4.69, 9.17) is 9.47 Å². The number of methoxy groups -OCH3 is 1. The molecular weight excluding hydrogens is 338 g/mol. The van der Waals surface area contributed by atoms with Crippen molar-refractivity contribution in [1.82, 2.24) is 4.72 Å². The number of sulfonamides is 1. The lowest BCUT2D eigenvalue weighted by molar-refractivity contribution is 0.326. The van der Waals surface area contributed by atoms with Gasteiger partial charge in [0.25, 0.3) is 0 Å². The number of benzene rings is 3. The molecule has 0 spiro atoms. The first-order chi connectivity index (χ1) is 12.1. The predicted octanol–water partition coefficient (Wildman–Crippen LogP) is 3.21. The summed E-state index contributed by atoms with van der Waals surface area (Å²) in [5, 5.41) is 2.09. The van der Waals surface area contributed by atoms with Gasteiger partial charge in [0.05, 0.1) is 12.0 Å². The predicted molar refractivity (Wildman–Crippen MR) is 97.6 cm³/mol. The number of hydrogen-bond donors (Lipinski definition) is 1. The molecule has 5 nitrogen and oxygen atoms in total. The lowest BCUT2D eigenvalue weighted by atomic mass is 10.1. The maximum absolute atomic E-state index is 12.2. The van der Waals surface area contributed by atoms with E-state index >= 15 is 0 Å². The van der Waals surface area contributed by atoms with Gasteiger partial charge in [-0.15, -0.1) is 0 Å². The molecule has 0 aliphatic heterocycles. The lowest BCUT2D eigenvalue weighted by Gasteiger charge is -2.11. The smallest absolute Gasteiger partial charge is 0.240 e. The highest BCUT2D eigenvalue weighted by Gasteiger charge is 2.13. The Morgan fingerprint density at radius 3 is 2.40 bits per heavy atom. The molecule has 25 heavy (non-hydrogen) atoms. The van der Waals surface area contributed by atoms with Gasteiger partial charge in [0.2, 0.25) is 10.0 Å². The Morgan fingerprint density at radius 2 is 1.64 bits per heavy atom. The average molecular weight is 357 g/mol. The molecule has 0 saturated heterocycles. The third-order valence-corrected chi connectivity index (χ3v) is 5.25. The molecule has 3 rings (SSSR count). The molecule has 0 aromatic heterocycles. The van der Waals surface area contributed by atoms with E-state index in [9.17, 15) is 8.42 Å². The van der Waals surface area contributed by atoms with Gasteiger partial charge in [0.1, 0.15) is 18.1 Å². The van der Waals surface area contributed by atoms with E-state index in [2.05, 4.69) is 4.72 Å². The van der Waals surface area contributed by atoms with Crippen LogP contribution in [0.4, 0.5) is 0 Å². The SMILES string of the molecule is COc1ccc(S(=O)(=O)NCCOc2cccc3ccccc23)cc1. The number of nitrogens with one attached hydrogen (secondary N) is 1. The zero-order valence-electron chi connectivity index (χ0n) is 13.8. The first-order valence-electron chi connectivity index (χ1n) is 7.84. The molecule has 0 heterocycles. The third kappa shape index (κ3) is 4.10. The van der Waals surface area contributed by atoms with Gasteiger partial charge < -0.3 is 9.47 Å². The van der Waals surface area contributed by atoms with Crippen LogP contribution in [0.3, 0.4) is 0 Å². The monoisotopic (exact) mass is 357 g/mol. The van der Waals surface area contributed by atoms with Gasteiger partial charge in [-0.1, -0.05) is 36.4 Å². The van der Waals surface area contributed by atoms with Crippen LogP contribution in [-0.4, -0.2) is 28.7 Å². The Balaban J connectivity index is 1.60. The molecule has 3 aromatic rings. The fourth-order valence-electron chi connectivity index (χ4n) is 2.50. The summed E-state index contributed by atoms with van der Waals surface area (Å²) in [6.07, 6.45) is 0. The highest BCUT2D eigenvalue weighted by atomic mass is 32.2. The molecule has 6 heteroatoms. The van der Waals surface area contributed by atoms with E-state index in [1.165, 1.54) is 19.2 Å². The van der Waals surface area contributed by atoms with Gasteiger partial charge in [0, 0.05) is 11.9 Å². The molecule has 0 aliphatic carbocycles. The Bertz CT molecular complexity index is 947. The Morgan fingerprint density at radius 1 is 0.920 bits per heavy atom. The second-order valence-electron chi connectivity index (χ2n) is 5.40. The Hall–Kier alpha value is -2.57. The molecule has 0 atom stereocenters. The zero-order chi connectivity index (χ0) is 17.7. The van der Waals surface area contributed by atoms with Crippen LogP contribution in [0, 0.1) is 0 Å². The van der Waals surface area contributed by atoms with Crippen LogP contribution in [-0.2, 0) is 10.0 Å². The van der Waals surface area contributed by atoms with E-state index in [1.807, 2.05) is 42.5 Å². The quantitative estimate of drug-likeness (QED) is 0.660. The van der Waals surface area contributed by atoms with Crippen molar-refractivity contribution in [3.05, 3.63) is 66.7 Å². The van der Waals surface area contributed by atoms with Crippen LogP contribution in [0.2, 0.25) is 0 Å². The van der Waals surface area contributed by atoms with Crippen LogP contribution in [0.25, 0.3) is 10.8 Å². The molecule has 0 amide bonds. The summed E-state index contributed by atoms with van der Waals surface area (Å²) >= 11 is 0. The molecule has 0 fully saturated rings. The second kappa shape index (κ2) is 7.55. The summed E-state index contributed by atoms with van der Waals surface area (Å²) in [4.78, 5) is 0.193. The van der Waals surface area contributed by atoms with Crippen molar-refractivity contribution < 1.29 is 17.9 Å². The maximum atomic E-state index is 12.2. The van der Waals surface area contributed by atoms with Crippen molar-refractivity contribution in [2.24, 2.45) is 0 Å². The Kier molecular flexibility index (Phi) is 5.21. The van der Waals surface area contributed by atoms with E-state index in [-0.39, 0.29) is 18.0 Å². The summed E-state index contributed by atoms with van der Waals surface area (Å²) in [6, 6.07) is 19.9. The summed E-state index contributed by atoms with van der Waals surface area (Å²) in [5.41, 5.74) is 0. The van der Waals surface area contributed by atoms with Gasteiger partial charge in [-0.2, -0.15) is 0 Å². The normalized spacial score (nSPS) is 11.4. The topological polar surface area (TPSA) is 64.6 Å². The van der Waals surface area contributed by atoms with E-state index in [0.29, 0.717) is 5.75 Å². The molecule has 0 radical (unpaired) electrons. The number of ether oxygens (including phenoxy) is 2. The summed E-state index contributed by atoms with van der Waals surface area (Å²) in [5.74, 6) is 1.35. The minimum atomic E-state index is -3.57. The van der Waals surface area contributed by atoms with Crippen LogP contribution in [0.15, 0.2) is 71.6 Å². The number of rotatable bonds is 7. The molecule has 130 valence electrons. The average Bonchev–Trinajstić information content (AvgIpc) is 2.65. The van der Waals surface area contributed by atoms with E-state index in [0.717, 1.165) is 16.5 Å². The van der Waals surface area contributed by atoms with Gasteiger partial charge >= 0.3 is 0 Å². The maximum Gasteiger partial charge on any atom is 0.240 e. The minimum Gasteiger partial charge on any atom is -0.497 e. The van der Waals surface area contributed by atoms with Gasteiger partial charge in [-0.3, -0.25) is 0 Å². The van der Waals surface area contributed by atoms with Crippen LogP contribution < -0.4 is 14.2 Å². The highest BCUT2D eigenvalue weighted by molar-refractivity contribution is 7.89. The number of fused-ring (bicyclic) bond motifs is 1. The standard InChI is InChI=1S/C19H19NO4S/c1-23-16-9-11-17(12-10-16)25(21,22)20-13-14-24-19-8-4-6-15-5-2-3-7-18(15)19/h2-12,20H,13-14H2,1H3. The molecule has 1 N–H and O–H groups in total. The summed E-state index contributed by atoms with van der Waals surface area (Å²) in [7, 11) is -2.03. The molecular formula is C19H19NO4S. The van der Waals surface area contributed by atoms with E-state index in [1.54, 1.807) is 12.1 Å². The lowest BCUT2D eigenvalue weighted by Crippen LogP contribution is -2.28.